The number of hydrogen-bond acceptors (Lipinski definition) is 6. The fourth-order valence-electron chi connectivity index (χ4n) is 2.45. The van der Waals surface area contributed by atoms with Gasteiger partial charge in [-0.1, -0.05) is 17.8 Å². The SMILES string of the molecule is CCOC(=O)C1=C(CSc2nnc3ccccn23)NC(=O)N[C@@H]1C. The molecule has 0 aromatic carbocycles. The predicted molar refractivity (Wildman–Crippen MR) is 88.5 cm³/mol. The number of carbonyl (C=O) groups is 2. The molecule has 0 fully saturated rings. The van der Waals surface area contributed by atoms with Crippen LogP contribution in [0.1, 0.15) is 13.8 Å². The molecule has 3 heterocycles. The van der Waals surface area contributed by atoms with Gasteiger partial charge in [0.15, 0.2) is 10.8 Å². The monoisotopic (exact) mass is 347 g/mol. The molecule has 9 heteroatoms. The molecule has 1 aliphatic rings. The number of rotatable bonds is 5. The summed E-state index contributed by atoms with van der Waals surface area (Å²) >= 11 is 1.39. The Bertz CT molecular complexity index is 816. The average molecular weight is 347 g/mol. The first-order valence-corrected chi connectivity index (χ1v) is 8.49. The number of hydrogen-bond donors (Lipinski definition) is 2. The molecule has 0 aliphatic carbocycles. The zero-order valence-electron chi connectivity index (χ0n) is 13.3. The molecule has 2 aromatic rings. The van der Waals surface area contributed by atoms with Crippen LogP contribution in [0, 0.1) is 0 Å². The lowest BCUT2D eigenvalue weighted by Gasteiger charge is -2.26. The highest BCUT2D eigenvalue weighted by Gasteiger charge is 2.29. The van der Waals surface area contributed by atoms with E-state index in [4.69, 9.17) is 4.74 Å². The van der Waals surface area contributed by atoms with Crippen molar-refractivity contribution >= 4 is 29.4 Å². The summed E-state index contributed by atoms with van der Waals surface area (Å²) in [5, 5.41) is 14.3. The van der Waals surface area contributed by atoms with Gasteiger partial charge in [0.25, 0.3) is 0 Å². The number of nitrogens with zero attached hydrogens (tertiary/aromatic N) is 3. The quantitative estimate of drug-likeness (QED) is 0.626. The highest BCUT2D eigenvalue weighted by Crippen LogP contribution is 2.23. The van der Waals surface area contributed by atoms with Gasteiger partial charge in [-0.2, -0.15) is 0 Å². The van der Waals surface area contributed by atoms with Gasteiger partial charge in [0, 0.05) is 17.6 Å². The van der Waals surface area contributed by atoms with Crippen molar-refractivity contribution in [3.8, 4) is 0 Å². The summed E-state index contributed by atoms with van der Waals surface area (Å²) in [4.78, 5) is 23.9. The third-order valence-electron chi connectivity index (χ3n) is 3.49. The molecule has 24 heavy (non-hydrogen) atoms. The van der Waals surface area contributed by atoms with Crippen molar-refractivity contribution < 1.29 is 14.3 Å². The number of ether oxygens (including phenoxy) is 1. The summed E-state index contributed by atoms with van der Waals surface area (Å²) in [6, 6.07) is 4.88. The summed E-state index contributed by atoms with van der Waals surface area (Å²) in [6.45, 7) is 3.77. The molecule has 0 saturated carbocycles. The van der Waals surface area contributed by atoms with Gasteiger partial charge in [-0.05, 0) is 26.0 Å². The molecule has 0 spiro atoms. The van der Waals surface area contributed by atoms with Crippen LogP contribution in [0.3, 0.4) is 0 Å². The van der Waals surface area contributed by atoms with E-state index in [1.54, 1.807) is 13.8 Å². The van der Waals surface area contributed by atoms with Crippen LogP contribution < -0.4 is 10.6 Å². The van der Waals surface area contributed by atoms with Gasteiger partial charge in [0.05, 0.1) is 18.2 Å². The van der Waals surface area contributed by atoms with Gasteiger partial charge in [0.1, 0.15) is 0 Å². The van der Waals surface area contributed by atoms with Crippen molar-refractivity contribution in [3.63, 3.8) is 0 Å². The number of urea groups is 1. The lowest BCUT2D eigenvalue weighted by Crippen LogP contribution is -2.49. The van der Waals surface area contributed by atoms with E-state index in [1.807, 2.05) is 28.8 Å². The summed E-state index contributed by atoms with van der Waals surface area (Å²) in [6.07, 6.45) is 1.86. The smallest absolute Gasteiger partial charge is 0.337 e. The van der Waals surface area contributed by atoms with Gasteiger partial charge in [-0.25, -0.2) is 9.59 Å². The zero-order valence-corrected chi connectivity index (χ0v) is 14.1. The van der Waals surface area contributed by atoms with Crippen molar-refractivity contribution in [1.82, 2.24) is 25.2 Å². The molecule has 8 nitrogen and oxygen atoms in total. The second kappa shape index (κ2) is 6.91. The average Bonchev–Trinajstić information content (AvgIpc) is 2.95. The molecule has 2 N–H and O–H groups in total. The zero-order chi connectivity index (χ0) is 17.1. The molecule has 0 unspecified atom stereocenters. The molecule has 1 atom stereocenters. The first-order valence-electron chi connectivity index (χ1n) is 7.50. The highest BCUT2D eigenvalue weighted by molar-refractivity contribution is 7.99. The Morgan fingerprint density at radius 1 is 1.42 bits per heavy atom. The number of esters is 1. The Labute approximate surface area is 142 Å². The Morgan fingerprint density at radius 2 is 2.25 bits per heavy atom. The molecule has 0 bridgehead atoms. The highest BCUT2D eigenvalue weighted by atomic mass is 32.2. The molecule has 0 radical (unpaired) electrons. The fourth-order valence-corrected chi connectivity index (χ4v) is 3.34. The van der Waals surface area contributed by atoms with Crippen molar-refractivity contribution in [1.29, 1.82) is 0 Å². The topological polar surface area (TPSA) is 97.6 Å². The Kier molecular flexibility index (Phi) is 4.70. The second-order valence-corrected chi connectivity index (χ2v) is 6.08. The van der Waals surface area contributed by atoms with Gasteiger partial charge < -0.3 is 15.4 Å². The number of nitrogens with one attached hydrogen (secondary N) is 2. The molecular formula is C15H17N5O3S. The van der Waals surface area contributed by atoms with Crippen molar-refractivity contribution in [3.05, 3.63) is 35.7 Å². The largest absolute Gasteiger partial charge is 0.463 e. The van der Waals surface area contributed by atoms with E-state index in [1.165, 1.54) is 11.8 Å². The molecule has 0 saturated heterocycles. The Balaban J connectivity index is 1.85. The van der Waals surface area contributed by atoms with Gasteiger partial charge in [-0.3, -0.25) is 4.40 Å². The van der Waals surface area contributed by atoms with E-state index in [0.29, 0.717) is 22.2 Å². The van der Waals surface area contributed by atoms with E-state index in [9.17, 15) is 9.59 Å². The predicted octanol–water partition coefficient (Wildman–Crippen LogP) is 1.34. The number of pyridine rings is 1. The van der Waals surface area contributed by atoms with Crippen molar-refractivity contribution in [2.24, 2.45) is 0 Å². The van der Waals surface area contributed by atoms with Crippen LogP contribution in [-0.2, 0) is 9.53 Å². The number of aromatic nitrogens is 3. The summed E-state index contributed by atoms with van der Waals surface area (Å²) in [5.74, 6) is -0.0547. The van der Waals surface area contributed by atoms with Gasteiger partial charge >= 0.3 is 12.0 Å². The number of carbonyl (C=O) groups excluding carboxylic acids is 2. The van der Waals surface area contributed by atoms with Crippen LogP contribution in [0.25, 0.3) is 5.65 Å². The van der Waals surface area contributed by atoms with Crippen molar-refractivity contribution in [2.45, 2.75) is 25.0 Å². The first kappa shape index (κ1) is 16.3. The molecular weight excluding hydrogens is 330 g/mol. The Hall–Kier alpha value is -2.55. The molecule has 126 valence electrons. The maximum atomic E-state index is 12.2. The lowest BCUT2D eigenvalue weighted by atomic mass is 10.1. The minimum Gasteiger partial charge on any atom is -0.463 e. The number of thioether (sulfide) groups is 1. The third kappa shape index (κ3) is 3.21. The third-order valence-corrected chi connectivity index (χ3v) is 4.46. The normalized spacial score (nSPS) is 17.6. The Morgan fingerprint density at radius 3 is 3.04 bits per heavy atom. The van der Waals surface area contributed by atoms with Crippen LogP contribution in [0.5, 0.6) is 0 Å². The van der Waals surface area contributed by atoms with Gasteiger partial charge in [0.2, 0.25) is 0 Å². The number of fused-ring (bicyclic) bond motifs is 1. The minimum atomic E-state index is -0.431. The summed E-state index contributed by atoms with van der Waals surface area (Å²) in [7, 11) is 0. The van der Waals surface area contributed by atoms with Crippen LogP contribution in [-0.4, -0.2) is 45.0 Å². The maximum absolute atomic E-state index is 12.2. The van der Waals surface area contributed by atoms with Crippen LogP contribution >= 0.6 is 11.8 Å². The fraction of sp³-hybridized carbons (Fsp3) is 0.333. The van der Waals surface area contributed by atoms with E-state index in [-0.39, 0.29) is 12.6 Å². The van der Waals surface area contributed by atoms with E-state index < -0.39 is 12.0 Å². The molecule has 2 aromatic heterocycles. The molecule has 3 rings (SSSR count). The van der Waals surface area contributed by atoms with Crippen LogP contribution in [0.2, 0.25) is 0 Å². The van der Waals surface area contributed by atoms with Crippen LogP contribution in [0.4, 0.5) is 4.79 Å². The minimum absolute atomic E-state index is 0.276. The lowest BCUT2D eigenvalue weighted by molar-refractivity contribution is -0.138. The molecule has 1 aliphatic heterocycles. The maximum Gasteiger partial charge on any atom is 0.337 e. The summed E-state index contributed by atoms with van der Waals surface area (Å²) in [5.41, 5.74) is 1.70. The van der Waals surface area contributed by atoms with E-state index in [2.05, 4.69) is 20.8 Å². The number of amides is 2. The summed E-state index contributed by atoms with van der Waals surface area (Å²) < 4.78 is 6.94. The van der Waals surface area contributed by atoms with E-state index in [0.717, 1.165) is 5.65 Å². The molecule has 2 amide bonds. The van der Waals surface area contributed by atoms with Gasteiger partial charge in [-0.15, -0.1) is 10.2 Å². The standard InChI is InChI=1S/C15H17N5O3S/c1-3-23-13(21)12-9(2)16-14(22)17-10(12)8-24-15-19-18-11-6-4-5-7-20(11)15/h4-7,9H,3,8H2,1-2H3,(H2,16,17,22)/t9-/m1/s1. The first-order chi connectivity index (χ1) is 11.6. The second-order valence-electron chi connectivity index (χ2n) is 5.13. The van der Waals surface area contributed by atoms with E-state index >= 15 is 0 Å². The van der Waals surface area contributed by atoms with Crippen molar-refractivity contribution in [2.75, 3.05) is 12.4 Å². The van der Waals surface area contributed by atoms with Crippen LogP contribution in [0.15, 0.2) is 40.8 Å².